The van der Waals surface area contributed by atoms with Gasteiger partial charge in [0.25, 0.3) is 0 Å². The first-order chi connectivity index (χ1) is 13.9. The summed E-state index contributed by atoms with van der Waals surface area (Å²) in [6.07, 6.45) is -0.0257. The number of benzene rings is 1. The minimum absolute atomic E-state index is 0.0257. The Balaban J connectivity index is 1.86. The van der Waals surface area contributed by atoms with Crippen LogP contribution in [0.4, 0.5) is 0 Å². The molecule has 0 aliphatic rings. The van der Waals surface area contributed by atoms with Gasteiger partial charge in [-0.1, -0.05) is 12.1 Å². The van der Waals surface area contributed by atoms with Crippen LogP contribution in [-0.4, -0.2) is 49.6 Å². The quantitative estimate of drug-likeness (QED) is 0.480. The summed E-state index contributed by atoms with van der Waals surface area (Å²) < 4.78 is 20.7. The number of rotatable bonds is 10. The van der Waals surface area contributed by atoms with Crippen molar-refractivity contribution in [2.24, 2.45) is 0 Å². The van der Waals surface area contributed by atoms with E-state index in [4.69, 9.17) is 18.9 Å². The molecule has 0 amide bonds. The van der Waals surface area contributed by atoms with E-state index < -0.39 is 24.3 Å². The monoisotopic (exact) mass is 403 g/mol. The molecule has 0 saturated carbocycles. The van der Waals surface area contributed by atoms with Gasteiger partial charge >= 0.3 is 11.9 Å². The first-order valence-electron chi connectivity index (χ1n) is 9.19. The summed E-state index contributed by atoms with van der Waals surface area (Å²) in [6.45, 7) is 4.92. The Morgan fingerprint density at radius 2 is 1.72 bits per heavy atom. The van der Waals surface area contributed by atoms with Gasteiger partial charge in [0.1, 0.15) is 0 Å². The fourth-order valence-electron chi connectivity index (χ4n) is 2.81. The van der Waals surface area contributed by atoms with Crippen molar-refractivity contribution in [1.29, 1.82) is 0 Å². The molecule has 2 aromatic rings. The number of aromatic amines is 1. The van der Waals surface area contributed by atoms with Crippen molar-refractivity contribution in [3.8, 4) is 11.5 Å². The minimum atomic E-state index is -0.570. The zero-order chi connectivity index (χ0) is 21.4. The van der Waals surface area contributed by atoms with Gasteiger partial charge in [-0.05, 0) is 38.5 Å². The predicted octanol–water partition coefficient (Wildman–Crippen LogP) is 3.01. The van der Waals surface area contributed by atoms with E-state index in [1.807, 2.05) is 6.07 Å². The van der Waals surface area contributed by atoms with E-state index in [-0.39, 0.29) is 25.3 Å². The number of nitrogens with one attached hydrogen (secondary N) is 1. The van der Waals surface area contributed by atoms with Crippen LogP contribution in [0, 0.1) is 13.8 Å². The van der Waals surface area contributed by atoms with Gasteiger partial charge in [0.2, 0.25) is 5.78 Å². The Morgan fingerprint density at radius 3 is 2.38 bits per heavy atom. The summed E-state index contributed by atoms with van der Waals surface area (Å²) in [6, 6.07) is 7.08. The maximum atomic E-state index is 12.4. The Labute approximate surface area is 169 Å². The van der Waals surface area contributed by atoms with Gasteiger partial charge in [-0.3, -0.25) is 9.59 Å². The number of hydrogen-bond acceptors (Lipinski definition) is 7. The molecular weight excluding hydrogens is 378 g/mol. The number of para-hydroxylation sites is 2. The zero-order valence-electron chi connectivity index (χ0n) is 17.0. The molecule has 0 spiro atoms. The lowest BCUT2D eigenvalue weighted by molar-refractivity contribution is -0.143. The maximum absolute atomic E-state index is 12.4. The van der Waals surface area contributed by atoms with Crippen molar-refractivity contribution in [2.75, 3.05) is 26.9 Å². The van der Waals surface area contributed by atoms with E-state index in [2.05, 4.69) is 4.98 Å². The topological polar surface area (TPSA) is 104 Å². The van der Waals surface area contributed by atoms with E-state index in [9.17, 15) is 14.4 Å². The van der Waals surface area contributed by atoms with Crippen LogP contribution >= 0.6 is 0 Å². The summed E-state index contributed by atoms with van der Waals surface area (Å²) in [7, 11) is 1.53. The van der Waals surface area contributed by atoms with Crippen LogP contribution < -0.4 is 9.47 Å². The lowest BCUT2D eigenvalue weighted by Crippen LogP contribution is -2.17. The number of carbonyl (C=O) groups excluding carboxylic acids is 3. The van der Waals surface area contributed by atoms with Gasteiger partial charge in [-0.25, -0.2) is 4.79 Å². The molecule has 0 bridgehead atoms. The Morgan fingerprint density at radius 1 is 1.03 bits per heavy atom. The summed E-state index contributed by atoms with van der Waals surface area (Å²) >= 11 is 0. The molecule has 8 nitrogen and oxygen atoms in total. The van der Waals surface area contributed by atoms with Gasteiger partial charge in [-0.15, -0.1) is 0 Å². The average molecular weight is 403 g/mol. The molecule has 0 fully saturated rings. The van der Waals surface area contributed by atoms with Crippen LogP contribution in [-0.2, 0) is 14.3 Å². The lowest BCUT2D eigenvalue weighted by Gasteiger charge is -2.10. The van der Waals surface area contributed by atoms with E-state index in [0.29, 0.717) is 28.3 Å². The van der Waals surface area contributed by atoms with Crippen molar-refractivity contribution in [3.63, 3.8) is 0 Å². The number of aryl methyl sites for hydroxylation is 1. The second-order valence-electron chi connectivity index (χ2n) is 6.18. The van der Waals surface area contributed by atoms with Gasteiger partial charge in [0, 0.05) is 5.69 Å². The second kappa shape index (κ2) is 10.3. The van der Waals surface area contributed by atoms with Crippen LogP contribution in [0.3, 0.4) is 0 Å². The fourth-order valence-corrected chi connectivity index (χ4v) is 2.81. The highest BCUT2D eigenvalue weighted by Gasteiger charge is 2.23. The molecular formula is C21H25NO7. The maximum Gasteiger partial charge on any atom is 0.340 e. The highest BCUT2D eigenvalue weighted by molar-refractivity contribution is 6.02. The molecule has 0 saturated heterocycles. The van der Waals surface area contributed by atoms with Crippen LogP contribution in [0.25, 0.3) is 0 Å². The van der Waals surface area contributed by atoms with E-state index in [1.165, 1.54) is 7.11 Å². The number of Topliss-reactive ketones (excluding diaryl/α,β-unsaturated/α-hetero) is 1. The number of methoxy groups -OCH3 is 1. The Hall–Kier alpha value is -3.29. The number of ketones is 1. The molecule has 1 N–H and O–H groups in total. The zero-order valence-corrected chi connectivity index (χ0v) is 17.0. The Bertz CT molecular complexity index is 885. The molecule has 0 aliphatic heterocycles. The van der Waals surface area contributed by atoms with Crippen LogP contribution in [0.1, 0.15) is 45.4 Å². The van der Waals surface area contributed by atoms with Crippen LogP contribution in [0.5, 0.6) is 11.5 Å². The van der Waals surface area contributed by atoms with E-state index in [1.54, 1.807) is 39.0 Å². The lowest BCUT2D eigenvalue weighted by atomic mass is 10.1. The smallest absolute Gasteiger partial charge is 0.340 e. The second-order valence-corrected chi connectivity index (χ2v) is 6.18. The highest BCUT2D eigenvalue weighted by atomic mass is 16.5. The third-order valence-corrected chi connectivity index (χ3v) is 4.19. The highest BCUT2D eigenvalue weighted by Crippen LogP contribution is 2.25. The Kier molecular flexibility index (Phi) is 7.82. The fraction of sp³-hybridized carbons (Fsp3) is 0.381. The minimum Gasteiger partial charge on any atom is -0.493 e. The first kappa shape index (κ1) is 22.0. The molecule has 1 aromatic heterocycles. The number of carbonyl (C=O) groups is 3. The number of aromatic nitrogens is 1. The summed E-state index contributed by atoms with van der Waals surface area (Å²) in [5, 5.41) is 0. The van der Waals surface area contributed by atoms with Gasteiger partial charge < -0.3 is 23.9 Å². The van der Waals surface area contributed by atoms with Crippen molar-refractivity contribution in [1.82, 2.24) is 4.98 Å². The molecule has 0 atom stereocenters. The number of ether oxygens (including phenoxy) is 4. The molecule has 0 unspecified atom stereocenters. The van der Waals surface area contributed by atoms with Crippen molar-refractivity contribution >= 4 is 17.7 Å². The molecule has 29 heavy (non-hydrogen) atoms. The van der Waals surface area contributed by atoms with Crippen molar-refractivity contribution in [3.05, 3.63) is 46.8 Å². The van der Waals surface area contributed by atoms with Crippen molar-refractivity contribution < 1.29 is 33.3 Å². The number of hydrogen-bond donors (Lipinski definition) is 1. The average Bonchev–Trinajstić information content (AvgIpc) is 3.01. The van der Waals surface area contributed by atoms with Crippen LogP contribution in [0.2, 0.25) is 0 Å². The van der Waals surface area contributed by atoms with E-state index in [0.717, 1.165) is 0 Å². The standard InChI is InChI=1S/C21H25NO7/c1-5-27-21(25)19-13(2)20(22-14(19)3)15(23)12-29-18(24)10-11-28-17-9-7-6-8-16(17)26-4/h6-9,22H,5,10-12H2,1-4H3. The summed E-state index contributed by atoms with van der Waals surface area (Å²) in [5.74, 6) is -0.419. The molecule has 0 aliphatic carbocycles. The summed E-state index contributed by atoms with van der Waals surface area (Å²) in [4.78, 5) is 39.2. The number of esters is 2. The molecule has 0 radical (unpaired) electrons. The molecule has 2 rings (SSSR count). The molecule has 1 heterocycles. The van der Waals surface area contributed by atoms with Gasteiger partial charge in [0.05, 0.1) is 38.0 Å². The summed E-state index contributed by atoms with van der Waals surface area (Å²) in [5.41, 5.74) is 1.55. The van der Waals surface area contributed by atoms with Crippen LogP contribution in [0.15, 0.2) is 24.3 Å². The molecule has 1 aromatic carbocycles. The first-order valence-corrected chi connectivity index (χ1v) is 9.19. The number of H-pyrrole nitrogens is 1. The normalized spacial score (nSPS) is 10.3. The van der Waals surface area contributed by atoms with E-state index >= 15 is 0 Å². The van der Waals surface area contributed by atoms with Crippen molar-refractivity contribution in [2.45, 2.75) is 27.2 Å². The van der Waals surface area contributed by atoms with Gasteiger partial charge in [-0.2, -0.15) is 0 Å². The third kappa shape index (κ3) is 5.60. The van der Waals surface area contributed by atoms with Gasteiger partial charge in [0.15, 0.2) is 18.1 Å². The SMILES string of the molecule is CCOC(=O)c1c(C)[nH]c(C(=O)COC(=O)CCOc2ccccc2OC)c1C. The predicted molar refractivity (Wildman–Crippen MR) is 105 cm³/mol. The largest absolute Gasteiger partial charge is 0.493 e. The third-order valence-electron chi connectivity index (χ3n) is 4.19. The molecule has 156 valence electrons. The molecule has 8 heteroatoms.